The maximum absolute atomic E-state index is 10.9. The molecule has 0 aromatic heterocycles. The van der Waals surface area contributed by atoms with Crippen molar-refractivity contribution in [3.8, 4) is 0 Å². The highest BCUT2D eigenvalue weighted by molar-refractivity contribution is 5.90. The van der Waals surface area contributed by atoms with E-state index in [1.54, 1.807) is 6.92 Å². The second-order valence-electron chi connectivity index (χ2n) is 3.68. The van der Waals surface area contributed by atoms with Crippen molar-refractivity contribution < 1.29 is 14.8 Å². The van der Waals surface area contributed by atoms with E-state index in [4.69, 9.17) is 5.11 Å². The molecule has 6 heteroatoms. The largest absolute Gasteiger partial charge is 0.478 e. The number of aromatic carboxylic acids is 1. The van der Waals surface area contributed by atoms with Crippen LogP contribution in [0.3, 0.4) is 0 Å². The Labute approximate surface area is 98.4 Å². The van der Waals surface area contributed by atoms with E-state index in [0.717, 1.165) is 12.5 Å². The van der Waals surface area contributed by atoms with Crippen molar-refractivity contribution in [3.05, 3.63) is 33.4 Å². The number of hydrogen-bond acceptors (Lipinski definition) is 4. The van der Waals surface area contributed by atoms with Gasteiger partial charge in [-0.3, -0.25) is 10.1 Å². The molecule has 0 aliphatic rings. The minimum absolute atomic E-state index is 0.0729. The molecule has 1 aromatic carbocycles. The van der Waals surface area contributed by atoms with Crippen molar-refractivity contribution in [2.45, 2.75) is 20.3 Å². The molecule has 0 aliphatic carbocycles. The quantitative estimate of drug-likeness (QED) is 0.607. The number of anilines is 1. The monoisotopic (exact) mass is 238 g/mol. The summed E-state index contributed by atoms with van der Waals surface area (Å²) in [5.74, 6) is -1.17. The molecule has 0 saturated heterocycles. The second-order valence-corrected chi connectivity index (χ2v) is 3.68. The van der Waals surface area contributed by atoms with E-state index < -0.39 is 10.9 Å². The van der Waals surface area contributed by atoms with E-state index in [9.17, 15) is 14.9 Å². The Bertz CT molecular complexity index is 457. The Morgan fingerprint density at radius 3 is 2.65 bits per heavy atom. The Morgan fingerprint density at radius 1 is 1.53 bits per heavy atom. The highest BCUT2D eigenvalue weighted by Gasteiger charge is 2.19. The lowest BCUT2D eigenvalue weighted by Crippen LogP contribution is -2.07. The first-order valence-electron chi connectivity index (χ1n) is 5.23. The molecule has 0 heterocycles. The smallest absolute Gasteiger partial charge is 0.335 e. The topological polar surface area (TPSA) is 92.5 Å². The lowest BCUT2D eigenvalue weighted by molar-refractivity contribution is -0.384. The minimum Gasteiger partial charge on any atom is -0.478 e. The van der Waals surface area contributed by atoms with E-state index in [1.165, 1.54) is 6.07 Å². The van der Waals surface area contributed by atoms with Crippen LogP contribution in [0.2, 0.25) is 0 Å². The van der Waals surface area contributed by atoms with E-state index >= 15 is 0 Å². The van der Waals surface area contributed by atoms with Gasteiger partial charge in [0.05, 0.1) is 10.5 Å². The molecule has 0 bridgehead atoms. The lowest BCUT2D eigenvalue weighted by atomic mass is 10.1. The number of carboxylic acids is 1. The number of aryl methyl sites for hydroxylation is 1. The van der Waals surface area contributed by atoms with Crippen LogP contribution in [0.4, 0.5) is 11.4 Å². The standard InChI is InChI=1S/C11H14N2O4/c1-3-4-12-10-7(2)5-8(11(14)15)6-9(10)13(16)17/h5-6,12H,3-4H2,1-2H3,(H,14,15). The highest BCUT2D eigenvalue weighted by Crippen LogP contribution is 2.29. The van der Waals surface area contributed by atoms with Crippen molar-refractivity contribution in [3.63, 3.8) is 0 Å². The highest BCUT2D eigenvalue weighted by atomic mass is 16.6. The van der Waals surface area contributed by atoms with Gasteiger partial charge in [-0.1, -0.05) is 6.92 Å². The molecule has 0 amide bonds. The van der Waals surface area contributed by atoms with Gasteiger partial charge in [0, 0.05) is 12.6 Å². The number of carboxylic acid groups (broad SMARTS) is 1. The van der Waals surface area contributed by atoms with Crippen molar-refractivity contribution in [1.82, 2.24) is 0 Å². The summed E-state index contributed by atoms with van der Waals surface area (Å²) in [6, 6.07) is 2.50. The summed E-state index contributed by atoms with van der Waals surface area (Å²) in [5, 5.41) is 22.7. The number of nitro groups is 1. The first-order chi connectivity index (χ1) is 7.97. The van der Waals surface area contributed by atoms with Gasteiger partial charge in [0.15, 0.2) is 0 Å². The van der Waals surface area contributed by atoms with Crippen LogP contribution in [0.5, 0.6) is 0 Å². The van der Waals surface area contributed by atoms with Crippen LogP contribution in [0.25, 0.3) is 0 Å². The second kappa shape index (κ2) is 5.29. The maximum Gasteiger partial charge on any atom is 0.335 e. The normalized spacial score (nSPS) is 10.0. The SMILES string of the molecule is CCCNc1c(C)cc(C(=O)O)cc1[N+](=O)[O-]. The van der Waals surface area contributed by atoms with Gasteiger partial charge in [-0.2, -0.15) is 0 Å². The first kappa shape index (κ1) is 13.0. The average Bonchev–Trinajstić information content (AvgIpc) is 2.26. The Hall–Kier alpha value is -2.11. The van der Waals surface area contributed by atoms with E-state index in [2.05, 4.69) is 5.32 Å². The fraction of sp³-hybridized carbons (Fsp3) is 0.364. The molecule has 92 valence electrons. The van der Waals surface area contributed by atoms with Crippen molar-refractivity contribution in [2.24, 2.45) is 0 Å². The predicted molar refractivity (Wildman–Crippen MR) is 63.6 cm³/mol. The molecule has 0 atom stereocenters. The maximum atomic E-state index is 10.9. The van der Waals surface area contributed by atoms with Gasteiger partial charge in [-0.25, -0.2) is 4.79 Å². The number of benzene rings is 1. The van der Waals surface area contributed by atoms with Gasteiger partial charge in [0.1, 0.15) is 5.69 Å². The fourth-order valence-electron chi connectivity index (χ4n) is 1.52. The van der Waals surface area contributed by atoms with E-state index in [0.29, 0.717) is 17.8 Å². The summed E-state index contributed by atoms with van der Waals surface area (Å²) in [5.41, 5.74) is 0.680. The number of rotatable bonds is 5. The van der Waals surface area contributed by atoms with Crippen LogP contribution in [0.1, 0.15) is 29.3 Å². The van der Waals surface area contributed by atoms with Crippen LogP contribution in [0, 0.1) is 17.0 Å². The van der Waals surface area contributed by atoms with Crippen LogP contribution < -0.4 is 5.32 Å². The van der Waals surface area contributed by atoms with Crippen LogP contribution in [-0.2, 0) is 0 Å². The molecule has 0 fully saturated rings. The van der Waals surface area contributed by atoms with Gasteiger partial charge < -0.3 is 10.4 Å². The number of nitro benzene ring substituents is 1. The van der Waals surface area contributed by atoms with Gasteiger partial charge >= 0.3 is 5.97 Å². The molecule has 0 aliphatic heterocycles. The molecule has 17 heavy (non-hydrogen) atoms. The summed E-state index contributed by atoms with van der Waals surface area (Å²) < 4.78 is 0. The van der Waals surface area contributed by atoms with Crippen molar-refractivity contribution in [1.29, 1.82) is 0 Å². The summed E-state index contributed by atoms with van der Waals surface area (Å²) in [6.45, 7) is 4.20. The Kier molecular flexibility index (Phi) is 4.03. The third-order valence-corrected chi connectivity index (χ3v) is 2.31. The zero-order chi connectivity index (χ0) is 13.0. The van der Waals surface area contributed by atoms with Gasteiger partial charge in [-0.05, 0) is 25.0 Å². The zero-order valence-corrected chi connectivity index (χ0v) is 9.69. The van der Waals surface area contributed by atoms with Crippen molar-refractivity contribution in [2.75, 3.05) is 11.9 Å². The Balaban J connectivity index is 3.28. The lowest BCUT2D eigenvalue weighted by Gasteiger charge is -2.10. The van der Waals surface area contributed by atoms with Crippen LogP contribution >= 0.6 is 0 Å². The Morgan fingerprint density at radius 2 is 2.18 bits per heavy atom. The van der Waals surface area contributed by atoms with Gasteiger partial charge in [0.2, 0.25) is 0 Å². The molecule has 2 N–H and O–H groups in total. The molecule has 0 unspecified atom stereocenters. The predicted octanol–water partition coefficient (Wildman–Crippen LogP) is 2.42. The molecular formula is C11H14N2O4. The number of nitrogens with one attached hydrogen (secondary N) is 1. The summed E-state index contributed by atoms with van der Waals surface area (Å²) >= 11 is 0. The third-order valence-electron chi connectivity index (χ3n) is 2.31. The van der Waals surface area contributed by atoms with E-state index in [-0.39, 0.29) is 11.3 Å². The summed E-state index contributed by atoms with van der Waals surface area (Å²) in [6.07, 6.45) is 0.831. The van der Waals surface area contributed by atoms with Crippen LogP contribution in [0.15, 0.2) is 12.1 Å². The molecule has 0 saturated carbocycles. The molecule has 1 rings (SSSR count). The van der Waals surface area contributed by atoms with E-state index in [1.807, 2.05) is 6.92 Å². The summed E-state index contributed by atoms with van der Waals surface area (Å²) in [4.78, 5) is 21.1. The third kappa shape index (κ3) is 2.93. The number of carbonyl (C=O) groups is 1. The summed E-state index contributed by atoms with van der Waals surface area (Å²) in [7, 11) is 0. The fourth-order valence-corrected chi connectivity index (χ4v) is 1.52. The molecule has 0 spiro atoms. The van der Waals surface area contributed by atoms with Crippen molar-refractivity contribution >= 4 is 17.3 Å². The molecule has 6 nitrogen and oxygen atoms in total. The van der Waals surface area contributed by atoms with Gasteiger partial charge in [0.25, 0.3) is 5.69 Å². The molecule has 1 aromatic rings. The van der Waals surface area contributed by atoms with Gasteiger partial charge in [-0.15, -0.1) is 0 Å². The van der Waals surface area contributed by atoms with Crippen LogP contribution in [-0.4, -0.2) is 22.5 Å². The molecular weight excluding hydrogens is 224 g/mol. The zero-order valence-electron chi connectivity index (χ0n) is 9.69. The first-order valence-corrected chi connectivity index (χ1v) is 5.23. The molecule has 0 radical (unpaired) electrons. The minimum atomic E-state index is -1.17. The average molecular weight is 238 g/mol. The number of nitrogens with zero attached hydrogens (tertiary/aromatic N) is 1. The number of hydrogen-bond donors (Lipinski definition) is 2.